The summed E-state index contributed by atoms with van der Waals surface area (Å²) in [5, 5.41) is 0. The molecule has 0 unspecified atom stereocenters. The van der Waals surface area contributed by atoms with Crippen molar-refractivity contribution in [3.63, 3.8) is 0 Å². The first kappa shape index (κ1) is 17.9. The van der Waals surface area contributed by atoms with Crippen molar-refractivity contribution >= 4 is 15.8 Å². The van der Waals surface area contributed by atoms with Crippen LogP contribution in [0.15, 0.2) is 29.2 Å². The van der Waals surface area contributed by atoms with Gasteiger partial charge in [0.15, 0.2) is 5.78 Å². The minimum Gasteiger partial charge on any atom is -0.294 e. The van der Waals surface area contributed by atoms with E-state index in [0.717, 1.165) is 12.8 Å². The van der Waals surface area contributed by atoms with E-state index < -0.39 is 10.0 Å². The topological polar surface area (TPSA) is 54.5 Å². The Morgan fingerprint density at radius 1 is 1.14 bits per heavy atom. The molecule has 0 aromatic heterocycles. The average molecular weight is 311 g/mol. The normalized spacial score (nSPS) is 12.1. The van der Waals surface area contributed by atoms with Gasteiger partial charge in [-0.25, -0.2) is 8.42 Å². The first-order chi connectivity index (χ1) is 9.84. The van der Waals surface area contributed by atoms with Crippen molar-refractivity contribution < 1.29 is 13.2 Å². The number of carbonyl (C=O) groups excluding carboxylic acids is 1. The summed E-state index contributed by atoms with van der Waals surface area (Å²) >= 11 is 0. The minimum atomic E-state index is -3.46. The van der Waals surface area contributed by atoms with Gasteiger partial charge in [-0.3, -0.25) is 4.79 Å². The smallest absolute Gasteiger partial charge is 0.243 e. The zero-order valence-electron chi connectivity index (χ0n) is 13.3. The van der Waals surface area contributed by atoms with Crippen LogP contribution >= 0.6 is 0 Å². The molecule has 4 nitrogen and oxygen atoms in total. The molecule has 0 amide bonds. The average Bonchev–Trinajstić information content (AvgIpc) is 2.47. The van der Waals surface area contributed by atoms with Gasteiger partial charge < -0.3 is 0 Å². The molecule has 1 rings (SSSR count). The first-order valence-corrected chi connectivity index (χ1v) is 8.93. The molecular formula is C16H25NO3S. The van der Waals surface area contributed by atoms with Crippen molar-refractivity contribution in [1.29, 1.82) is 0 Å². The molecule has 0 radical (unpaired) electrons. The van der Waals surface area contributed by atoms with E-state index in [0.29, 0.717) is 18.7 Å². The summed E-state index contributed by atoms with van der Waals surface area (Å²) in [5.74, 6) is -0.0681. The Morgan fingerprint density at radius 2 is 1.71 bits per heavy atom. The second-order valence-electron chi connectivity index (χ2n) is 5.39. The molecule has 0 saturated heterocycles. The number of hydrogen-bond donors (Lipinski definition) is 0. The zero-order valence-corrected chi connectivity index (χ0v) is 14.1. The highest BCUT2D eigenvalue weighted by molar-refractivity contribution is 7.89. The number of benzene rings is 1. The van der Waals surface area contributed by atoms with Crippen LogP contribution in [-0.4, -0.2) is 31.6 Å². The summed E-state index contributed by atoms with van der Waals surface area (Å²) in [7, 11) is -3.46. The second kappa shape index (κ2) is 7.71. The molecule has 0 bridgehead atoms. The fraction of sp³-hybridized carbons (Fsp3) is 0.562. The van der Waals surface area contributed by atoms with Crippen LogP contribution in [0.2, 0.25) is 0 Å². The lowest BCUT2D eigenvalue weighted by Crippen LogP contribution is -2.31. The van der Waals surface area contributed by atoms with Crippen LogP contribution in [0.5, 0.6) is 0 Å². The quantitative estimate of drug-likeness (QED) is 0.692. The van der Waals surface area contributed by atoms with Gasteiger partial charge in [-0.05, 0) is 18.6 Å². The molecule has 0 spiro atoms. The van der Waals surface area contributed by atoms with Crippen LogP contribution in [0.25, 0.3) is 0 Å². The number of sulfonamides is 1. The predicted molar refractivity (Wildman–Crippen MR) is 85.0 cm³/mol. The third kappa shape index (κ3) is 4.38. The summed E-state index contributed by atoms with van der Waals surface area (Å²) in [6.45, 7) is 8.51. The Labute approximate surface area is 128 Å². The number of carbonyl (C=O) groups is 1. The summed E-state index contributed by atoms with van der Waals surface area (Å²) in [6, 6.07) is 6.25. The Kier molecular flexibility index (Phi) is 6.55. The van der Waals surface area contributed by atoms with Gasteiger partial charge in [0.2, 0.25) is 10.0 Å². The van der Waals surface area contributed by atoms with Crippen LogP contribution in [0.1, 0.15) is 50.9 Å². The molecule has 118 valence electrons. The SMILES string of the molecule is CCCCN(CC)S(=O)(=O)c1ccc(C(=O)C(C)C)cc1. The molecule has 0 aliphatic rings. The van der Waals surface area contributed by atoms with Gasteiger partial charge in [-0.15, -0.1) is 0 Å². The van der Waals surface area contributed by atoms with Crippen molar-refractivity contribution in [2.45, 2.75) is 45.4 Å². The van der Waals surface area contributed by atoms with Crippen LogP contribution in [-0.2, 0) is 10.0 Å². The fourth-order valence-corrected chi connectivity index (χ4v) is 3.54. The molecule has 5 heteroatoms. The Hall–Kier alpha value is -1.20. The number of ketones is 1. The molecule has 0 aliphatic carbocycles. The number of rotatable bonds is 8. The number of nitrogens with zero attached hydrogens (tertiary/aromatic N) is 1. The Bertz CT molecular complexity index is 562. The van der Waals surface area contributed by atoms with E-state index >= 15 is 0 Å². The monoisotopic (exact) mass is 311 g/mol. The highest BCUT2D eigenvalue weighted by Gasteiger charge is 2.22. The van der Waals surface area contributed by atoms with Crippen molar-refractivity contribution in [2.24, 2.45) is 5.92 Å². The zero-order chi connectivity index (χ0) is 16.0. The summed E-state index contributed by atoms with van der Waals surface area (Å²) in [4.78, 5) is 12.1. The maximum atomic E-state index is 12.5. The van der Waals surface area contributed by atoms with E-state index in [9.17, 15) is 13.2 Å². The van der Waals surface area contributed by atoms with Crippen molar-refractivity contribution in [2.75, 3.05) is 13.1 Å². The largest absolute Gasteiger partial charge is 0.294 e. The van der Waals surface area contributed by atoms with Crippen LogP contribution in [0.3, 0.4) is 0 Å². The van der Waals surface area contributed by atoms with E-state index in [1.807, 2.05) is 27.7 Å². The maximum absolute atomic E-state index is 12.5. The number of Topliss-reactive ketones (excluding diaryl/α,β-unsaturated/α-hetero) is 1. The maximum Gasteiger partial charge on any atom is 0.243 e. The summed E-state index contributed by atoms with van der Waals surface area (Å²) < 4.78 is 26.5. The Balaban J connectivity index is 3.01. The van der Waals surface area contributed by atoms with Gasteiger partial charge in [0.05, 0.1) is 4.90 Å². The molecule has 21 heavy (non-hydrogen) atoms. The standard InChI is InChI=1S/C16H25NO3S/c1-5-7-12-17(6-2)21(19,20)15-10-8-14(9-11-15)16(18)13(3)4/h8-11,13H,5-7,12H2,1-4H3. The van der Waals surface area contributed by atoms with Crippen molar-refractivity contribution in [3.8, 4) is 0 Å². The first-order valence-electron chi connectivity index (χ1n) is 7.49. The molecule has 0 heterocycles. The third-order valence-electron chi connectivity index (χ3n) is 3.41. The number of hydrogen-bond acceptors (Lipinski definition) is 3. The number of unbranched alkanes of at least 4 members (excludes halogenated alkanes) is 1. The van der Waals surface area contributed by atoms with Gasteiger partial charge in [-0.1, -0.05) is 46.2 Å². The third-order valence-corrected chi connectivity index (χ3v) is 5.40. The van der Waals surface area contributed by atoms with Crippen LogP contribution in [0, 0.1) is 5.92 Å². The molecule has 0 N–H and O–H groups in total. The lowest BCUT2D eigenvalue weighted by Gasteiger charge is -2.20. The summed E-state index contributed by atoms with van der Waals surface area (Å²) in [6.07, 6.45) is 1.80. The van der Waals surface area contributed by atoms with Gasteiger partial charge in [0.1, 0.15) is 0 Å². The minimum absolute atomic E-state index is 0.0253. The van der Waals surface area contributed by atoms with Gasteiger partial charge in [-0.2, -0.15) is 4.31 Å². The van der Waals surface area contributed by atoms with Crippen LogP contribution < -0.4 is 0 Å². The molecule has 1 aromatic carbocycles. The highest BCUT2D eigenvalue weighted by Crippen LogP contribution is 2.18. The van der Waals surface area contributed by atoms with Gasteiger partial charge in [0.25, 0.3) is 0 Å². The lowest BCUT2D eigenvalue weighted by molar-refractivity contribution is 0.0939. The summed E-state index contributed by atoms with van der Waals surface area (Å²) in [5.41, 5.74) is 0.556. The van der Waals surface area contributed by atoms with Gasteiger partial charge >= 0.3 is 0 Å². The Morgan fingerprint density at radius 3 is 2.14 bits per heavy atom. The molecule has 1 aromatic rings. The molecular weight excluding hydrogens is 286 g/mol. The van der Waals surface area contributed by atoms with E-state index in [2.05, 4.69) is 0 Å². The fourth-order valence-electron chi connectivity index (χ4n) is 2.06. The van der Waals surface area contributed by atoms with E-state index in [1.165, 1.54) is 16.4 Å². The van der Waals surface area contributed by atoms with Crippen LogP contribution in [0.4, 0.5) is 0 Å². The lowest BCUT2D eigenvalue weighted by atomic mass is 10.0. The van der Waals surface area contributed by atoms with E-state index in [1.54, 1.807) is 12.1 Å². The van der Waals surface area contributed by atoms with E-state index in [-0.39, 0.29) is 16.6 Å². The van der Waals surface area contributed by atoms with Crippen molar-refractivity contribution in [3.05, 3.63) is 29.8 Å². The van der Waals surface area contributed by atoms with Gasteiger partial charge in [0, 0.05) is 24.6 Å². The second-order valence-corrected chi connectivity index (χ2v) is 7.33. The molecule has 0 aliphatic heterocycles. The molecule has 0 saturated carbocycles. The molecule has 0 atom stereocenters. The van der Waals surface area contributed by atoms with E-state index in [4.69, 9.17) is 0 Å². The predicted octanol–water partition coefficient (Wildman–Crippen LogP) is 3.34. The van der Waals surface area contributed by atoms with Crippen molar-refractivity contribution in [1.82, 2.24) is 4.31 Å². The molecule has 0 fully saturated rings. The highest BCUT2D eigenvalue weighted by atomic mass is 32.2.